The van der Waals surface area contributed by atoms with Gasteiger partial charge in [0.25, 0.3) is 11.5 Å². The van der Waals surface area contributed by atoms with Gasteiger partial charge in [-0.25, -0.2) is 4.99 Å². The predicted molar refractivity (Wildman–Crippen MR) is 138 cm³/mol. The average Bonchev–Trinajstić information content (AvgIpc) is 3.43. The van der Waals surface area contributed by atoms with Gasteiger partial charge in [-0.1, -0.05) is 59.3 Å². The SMILES string of the molecule is CCn1ccc(/C=c2/sc3n(c2=O)[C@@H](c2ccccc2Cl)C(C(=O)Nc2ccccc2)=C(C)N=3)n1. The summed E-state index contributed by atoms with van der Waals surface area (Å²) in [4.78, 5) is 32.4. The molecular weight excluding hydrogens is 482 g/mol. The van der Waals surface area contributed by atoms with Crippen molar-refractivity contribution < 1.29 is 4.79 Å². The van der Waals surface area contributed by atoms with Crippen LogP contribution in [0.2, 0.25) is 5.02 Å². The van der Waals surface area contributed by atoms with E-state index in [1.54, 1.807) is 28.3 Å². The van der Waals surface area contributed by atoms with Gasteiger partial charge in [0.2, 0.25) is 0 Å². The van der Waals surface area contributed by atoms with Crippen LogP contribution in [0.15, 0.2) is 87.9 Å². The highest BCUT2D eigenvalue weighted by Crippen LogP contribution is 2.34. The topological polar surface area (TPSA) is 81.3 Å². The maximum atomic E-state index is 13.7. The van der Waals surface area contributed by atoms with Crippen LogP contribution < -0.4 is 20.2 Å². The van der Waals surface area contributed by atoms with Crippen LogP contribution in [0.5, 0.6) is 0 Å². The summed E-state index contributed by atoms with van der Waals surface area (Å²) in [6.07, 6.45) is 3.62. The fourth-order valence-corrected chi connectivity index (χ4v) is 5.36. The van der Waals surface area contributed by atoms with Gasteiger partial charge < -0.3 is 5.32 Å². The van der Waals surface area contributed by atoms with Crippen LogP contribution in [0.1, 0.15) is 31.1 Å². The summed E-state index contributed by atoms with van der Waals surface area (Å²) >= 11 is 7.86. The molecular formula is C26H22ClN5O2S. The molecule has 0 saturated carbocycles. The molecule has 0 aliphatic carbocycles. The van der Waals surface area contributed by atoms with Gasteiger partial charge in [-0.3, -0.25) is 18.8 Å². The summed E-state index contributed by atoms with van der Waals surface area (Å²) in [5, 5.41) is 7.86. The minimum absolute atomic E-state index is 0.248. The van der Waals surface area contributed by atoms with Gasteiger partial charge in [-0.15, -0.1) is 0 Å². The fourth-order valence-electron chi connectivity index (χ4n) is 4.09. The third-order valence-electron chi connectivity index (χ3n) is 5.76. The molecule has 4 aromatic rings. The molecule has 2 aromatic carbocycles. The Kier molecular flexibility index (Phi) is 6.23. The van der Waals surface area contributed by atoms with Crippen LogP contribution in [-0.2, 0) is 11.3 Å². The average molecular weight is 504 g/mol. The van der Waals surface area contributed by atoms with Crippen LogP contribution in [0.25, 0.3) is 6.08 Å². The summed E-state index contributed by atoms with van der Waals surface area (Å²) in [5.74, 6) is -0.335. The molecule has 1 atom stereocenters. The molecule has 2 aromatic heterocycles. The molecule has 0 spiro atoms. The monoisotopic (exact) mass is 503 g/mol. The Morgan fingerprint density at radius 3 is 2.60 bits per heavy atom. The number of anilines is 1. The van der Waals surface area contributed by atoms with Gasteiger partial charge >= 0.3 is 0 Å². The number of rotatable bonds is 5. The summed E-state index contributed by atoms with van der Waals surface area (Å²) in [7, 11) is 0. The lowest BCUT2D eigenvalue weighted by Crippen LogP contribution is -2.40. The van der Waals surface area contributed by atoms with Crippen molar-refractivity contribution in [1.82, 2.24) is 14.3 Å². The summed E-state index contributed by atoms with van der Waals surface area (Å²) in [6.45, 7) is 4.52. The zero-order chi connectivity index (χ0) is 24.5. The Labute approximate surface area is 210 Å². The maximum absolute atomic E-state index is 13.7. The highest BCUT2D eigenvalue weighted by Gasteiger charge is 2.33. The number of nitrogens with zero attached hydrogens (tertiary/aromatic N) is 4. The number of carbonyl (C=O) groups is 1. The van der Waals surface area contributed by atoms with E-state index in [2.05, 4.69) is 15.4 Å². The van der Waals surface area contributed by atoms with E-state index in [0.717, 1.165) is 6.54 Å². The van der Waals surface area contributed by atoms with E-state index >= 15 is 0 Å². The van der Waals surface area contributed by atoms with E-state index in [1.165, 1.54) is 11.3 Å². The van der Waals surface area contributed by atoms with Crippen LogP contribution in [0.3, 0.4) is 0 Å². The van der Waals surface area contributed by atoms with E-state index in [9.17, 15) is 9.59 Å². The largest absolute Gasteiger partial charge is 0.322 e. The smallest absolute Gasteiger partial charge is 0.271 e. The highest BCUT2D eigenvalue weighted by molar-refractivity contribution is 7.07. The van der Waals surface area contributed by atoms with Gasteiger partial charge in [0.15, 0.2) is 4.80 Å². The van der Waals surface area contributed by atoms with Gasteiger partial charge in [0.1, 0.15) is 0 Å². The van der Waals surface area contributed by atoms with Crippen LogP contribution >= 0.6 is 22.9 Å². The number of halogens is 1. The van der Waals surface area contributed by atoms with E-state index in [1.807, 2.05) is 67.7 Å². The lowest BCUT2D eigenvalue weighted by atomic mass is 9.95. The first-order valence-electron chi connectivity index (χ1n) is 11.1. The van der Waals surface area contributed by atoms with E-state index in [4.69, 9.17) is 11.6 Å². The van der Waals surface area contributed by atoms with Gasteiger partial charge in [0.05, 0.1) is 27.5 Å². The van der Waals surface area contributed by atoms with E-state index in [-0.39, 0.29) is 11.5 Å². The lowest BCUT2D eigenvalue weighted by Gasteiger charge is -2.26. The first kappa shape index (κ1) is 23.0. The molecule has 5 rings (SSSR count). The second-order valence-electron chi connectivity index (χ2n) is 8.02. The van der Waals surface area contributed by atoms with Gasteiger partial charge in [-0.2, -0.15) is 5.10 Å². The van der Waals surface area contributed by atoms with Crippen molar-refractivity contribution in [2.75, 3.05) is 5.32 Å². The molecule has 1 aliphatic heterocycles. The predicted octanol–water partition coefficient (Wildman–Crippen LogP) is 3.74. The minimum Gasteiger partial charge on any atom is -0.322 e. The highest BCUT2D eigenvalue weighted by atomic mass is 35.5. The molecule has 7 nitrogen and oxygen atoms in total. The number of para-hydroxylation sites is 1. The molecule has 1 amide bonds. The first-order valence-corrected chi connectivity index (χ1v) is 12.3. The molecule has 9 heteroatoms. The van der Waals surface area contributed by atoms with Crippen LogP contribution in [0, 0.1) is 0 Å². The quantitative estimate of drug-likeness (QED) is 0.450. The van der Waals surface area contributed by atoms with Crippen molar-refractivity contribution in [2.45, 2.75) is 26.4 Å². The van der Waals surface area contributed by atoms with Crippen molar-refractivity contribution in [2.24, 2.45) is 4.99 Å². The molecule has 3 heterocycles. The Morgan fingerprint density at radius 1 is 1.14 bits per heavy atom. The molecule has 0 saturated heterocycles. The molecule has 35 heavy (non-hydrogen) atoms. The molecule has 0 bridgehead atoms. The Bertz CT molecular complexity index is 1630. The maximum Gasteiger partial charge on any atom is 0.271 e. The summed E-state index contributed by atoms with van der Waals surface area (Å²) < 4.78 is 3.84. The van der Waals surface area contributed by atoms with Crippen molar-refractivity contribution in [3.8, 4) is 0 Å². The zero-order valence-electron chi connectivity index (χ0n) is 19.1. The number of aryl methyl sites for hydroxylation is 1. The van der Waals surface area contributed by atoms with E-state index < -0.39 is 6.04 Å². The number of benzene rings is 2. The molecule has 176 valence electrons. The zero-order valence-corrected chi connectivity index (χ0v) is 20.7. The standard InChI is InChI=1S/C26H22ClN5O2S/c1-3-31-14-13-18(30-31)15-21-25(34)32-23(19-11-7-8-12-20(19)27)22(16(2)28-26(32)35-21)24(33)29-17-9-5-4-6-10-17/h4-15,23H,3H2,1-2H3,(H,29,33)/b21-15+/t23-/m0/s1. The molecule has 0 radical (unpaired) electrons. The fraction of sp³-hybridized carbons (Fsp3) is 0.154. The van der Waals surface area contributed by atoms with Gasteiger partial charge in [0, 0.05) is 23.5 Å². The number of aromatic nitrogens is 3. The number of hydrogen-bond acceptors (Lipinski definition) is 5. The van der Waals surface area contributed by atoms with Crippen LogP contribution in [0.4, 0.5) is 5.69 Å². The van der Waals surface area contributed by atoms with Crippen molar-refractivity contribution >= 4 is 40.6 Å². The van der Waals surface area contributed by atoms with Crippen LogP contribution in [-0.4, -0.2) is 20.3 Å². The second kappa shape index (κ2) is 9.48. The summed E-state index contributed by atoms with van der Waals surface area (Å²) in [5.41, 5.74) is 2.65. The molecule has 0 unspecified atom stereocenters. The normalized spacial score (nSPS) is 15.6. The molecule has 1 aliphatic rings. The van der Waals surface area contributed by atoms with Crippen molar-refractivity contribution in [3.05, 3.63) is 114 Å². The van der Waals surface area contributed by atoms with Crippen molar-refractivity contribution in [1.29, 1.82) is 0 Å². The van der Waals surface area contributed by atoms with E-state index in [0.29, 0.717) is 42.6 Å². The third kappa shape index (κ3) is 4.38. The number of carbonyl (C=O) groups excluding carboxylic acids is 1. The van der Waals surface area contributed by atoms with Crippen molar-refractivity contribution in [3.63, 3.8) is 0 Å². The molecule has 1 N–H and O–H groups in total. The lowest BCUT2D eigenvalue weighted by molar-refractivity contribution is -0.113. The number of allylic oxidation sites excluding steroid dienone is 1. The second-order valence-corrected chi connectivity index (χ2v) is 9.44. The number of fused-ring (bicyclic) bond motifs is 1. The van der Waals surface area contributed by atoms with Gasteiger partial charge in [-0.05, 0) is 49.8 Å². The first-order chi connectivity index (χ1) is 17.0. The Balaban J connectivity index is 1.68. The number of amides is 1. The Morgan fingerprint density at radius 2 is 1.89 bits per heavy atom. The number of hydrogen-bond donors (Lipinski definition) is 1. The number of nitrogens with one attached hydrogen (secondary N) is 1. The minimum atomic E-state index is -0.723. The Hall–Kier alpha value is -3.75. The summed E-state index contributed by atoms with van der Waals surface area (Å²) in [6, 6.07) is 17.6. The number of thiazole rings is 1. The third-order valence-corrected chi connectivity index (χ3v) is 7.09. The molecule has 0 fully saturated rings.